The van der Waals surface area contributed by atoms with Gasteiger partial charge in [0, 0.05) is 22.9 Å². The largest absolute Gasteiger partial charge is 0.507 e. The van der Waals surface area contributed by atoms with Crippen molar-refractivity contribution in [1.82, 2.24) is 14.5 Å². The minimum Gasteiger partial charge on any atom is -0.507 e. The molecule has 0 fully saturated rings. The lowest BCUT2D eigenvalue weighted by Crippen LogP contribution is -2.12. The van der Waals surface area contributed by atoms with Crippen LogP contribution in [0.5, 0.6) is 5.75 Å². The van der Waals surface area contributed by atoms with Crippen molar-refractivity contribution in [2.45, 2.75) is 92.4 Å². The summed E-state index contributed by atoms with van der Waals surface area (Å²) < 4.78 is 2.27. The highest BCUT2D eigenvalue weighted by atomic mass is 16.3. The molecule has 2 aromatic heterocycles. The van der Waals surface area contributed by atoms with Gasteiger partial charge in [-0.05, 0) is 140 Å². The van der Waals surface area contributed by atoms with Crippen molar-refractivity contribution in [3.05, 3.63) is 192 Å². The number of aromatic nitrogens is 3. The summed E-state index contributed by atoms with van der Waals surface area (Å²) in [6.07, 6.45) is 1.92. The molecule has 0 saturated heterocycles. The van der Waals surface area contributed by atoms with Crippen molar-refractivity contribution < 1.29 is 5.11 Å². The second-order valence-corrected chi connectivity index (χ2v) is 21.2. The molecule has 0 amide bonds. The van der Waals surface area contributed by atoms with Crippen LogP contribution in [0.2, 0.25) is 0 Å². The van der Waals surface area contributed by atoms with Gasteiger partial charge >= 0.3 is 0 Å². The number of phenols is 1. The van der Waals surface area contributed by atoms with Gasteiger partial charge in [0.15, 0.2) is 0 Å². The molecular formula is C62H61N3O. The molecule has 2 heterocycles. The molecule has 7 aromatic carbocycles. The number of hydrogen-bond acceptors (Lipinski definition) is 3. The Morgan fingerprint density at radius 2 is 1.05 bits per heavy atom. The van der Waals surface area contributed by atoms with Crippen LogP contribution in [0, 0.1) is 13.8 Å². The van der Waals surface area contributed by atoms with Gasteiger partial charge in [-0.25, -0.2) is 4.98 Å². The van der Waals surface area contributed by atoms with Crippen LogP contribution in [-0.2, 0) is 16.2 Å². The molecule has 0 unspecified atom stereocenters. The van der Waals surface area contributed by atoms with E-state index < -0.39 is 0 Å². The van der Waals surface area contributed by atoms with Crippen molar-refractivity contribution >= 4 is 11.0 Å². The van der Waals surface area contributed by atoms with E-state index in [1.165, 1.54) is 27.8 Å². The molecule has 0 saturated carbocycles. The quantitative estimate of drug-likeness (QED) is 0.174. The summed E-state index contributed by atoms with van der Waals surface area (Å²) in [4.78, 5) is 10.6. The Bertz CT molecular complexity index is 3240. The smallest absolute Gasteiger partial charge is 0.149 e. The lowest BCUT2D eigenvalue weighted by molar-refractivity contribution is 0.472. The molecule has 0 aliphatic heterocycles. The first-order valence-corrected chi connectivity index (χ1v) is 23.2. The molecule has 0 radical (unpaired) electrons. The molecule has 0 spiro atoms. The summed E-state index contributed by atoms with van der Waals surface area (Å²) in [5.74, 6) is 0.927. The van der Waals surface area contributed by atoms with Crippen molar-refractivity contribution in [3.63, 3.8) is 0 Å². The van der Waals surface area contributed by atoms with Crippen LogP contribution in [0.25, 0.3) is 83.9 Å². The molecular weight excluding hydrogens is 803 g/mol. The first kappa shape index (κ1) is 44.2. The van der Waals surface area contributed by atoms with E-state index in [1.807, 2.05) is 19.2 Å². The maximum atomic E-state index is 11.9. The highest BCUT2D eigenvalue weighted by molar-refractivity contribution is 5.98. The number of imidazole rings is 1. The Labute approximate surface area is 391 Å². The van der Waals surface area contributed by atoms with Crippen molar-refractivity contribution in [1.29, 1.82) is 0 Å². The predicted octanol–water partition coefficient (Wildman–Crippen LogP) is 16.6. The zero-order chi connectivity index (χ0) is 46.7. The third-order valence-corrected chi connectivity index (χ3v) is 13.0. The van der Waals surface area contributed by atoms with Gasteiger partial charge in [-0.15, -0.1) is 0 Å². The molecule has 9 aromatic rings. The summed E-state index contributed by atoms with van der Waals surface area (Å²) in [5.41, 5.74) is 19.8. The Morgan fingerprint density at radius 1 is 0.439 bits per heavy atom. The minimum absolute atomic E-state index is 0.0252. The van der Waals surface area contributed by atoms with Crippen molar-refractivity contribution in [3.8, 4) is 78.6 Å². The fourth-order valence-corrected chi connectivity index (χ4v) is 9.08. The molecule has 4 nitrogen and oxygen atoms in total. The average molecular weight is 864 g/mol. The Balaban J connectivity index is 1.26. The fourth-order valence-electron chi connectivity index (χ4n) is 9.08. The number of nitrogens with zero attached hydrogens (tertiary/aromatic N) is 3. The van der Waals surface area contributed by atoms with E-state index in [1.54, 1.807) is 0 Å². The number of pyridine rings is 1. The first-order valence-electron chi connectivity index (χ1n) is 23.2. The number of phenolic OH excluding ortho intramolecular Hbond substituents is 1. The second kappa shape index (κ2) is 16.7. The molecule has 4 heteroatoms. The summed E-state index contributed by atoms with van der Waals surface area (Å²) >= 11 is 0. The van der Waals surface area contributed by atoms with Gasteiger partial charge in [0.05, 0.1) is 28.0 Å². The average Bonchev–Trinajstić information content (AvgIpc) is 3.69. The van der Waals surface area contributed by atoms with Gasteiger partial charge in [-0.1, -0.05) is 172 Å². The van der Waals surface area contributed by atoms with Crippen molar-refractivity contribution in [2.75, 3.05) is 0 Å². The fraction of sp³-hybridized carbons (Fsp3) is 0.226. The molecule has 1 N–H and O–H groups in total. The Kier molecular flexibility index (Phi) is 11.2. The monoisotopic (exact) mass is 863 g/mol. The number of aryl methyl sites for hydroxylation is 2. The zero-order valence-electron chi connectivity index (χ0n) is 40.4. The van der Waals surface area contributed by atoms with Crippen LogP contribution >= 0.6 is 0 Å². The van der Waals surface area contributed by atoms with Crippen molar-refractivity contribution in [2.24, 2.45) is 0 Å². The molecule has 0 aliphatic carbocycles. The van der Waals surface area contributed by atoms with Gasteiger partial charge < -0.3 is 5.11 Å². The summed E-state index contributed by atoms with van der Waals surface area (Å²) in [5, 5.41) is 11.9. The second-order valence-electron chi connectivity index (χ2n) is 21.2. The summed E-state index contributed by atoms with van der Waals surface area (Å²) in [6, 6.07) is 56.9. The molecule has 66 heavy (non-hydrogen) atoms. The normalized spacial score (nSPS) is 12.2. The van der Waals surface area contributed by atoms with E-state index in [-0.39, 0.29) is 22.0 Å². The molecule has 0 aliphatic rings. The van der Waals surface area contributed by atoms with E-state index in [0.717, 1.165) is 72.5 Å². The van der Waals surface area contributed by atoms with E-state index >= 15 is 0 Å². The molecule has 0 atom stereocenters. The highest BCUT2D eigenvalue weighted by Crippen LogP contribution is 2.44. The third kappa shape index (κ3) is 8.61. The van der Waals surface area contributed by atoms with Gasteiger partial charge in [0.25, 0.3) is 0 Å². The number of para-hydroxylation sites is 1. The SMILES string of the molecule is Cc1cc(C)c(O)c(-c2nc3c(-c4cc(-c5cc(-c6ccc(-c7ccccc7)cc6)ccn5)cc(C(C)(C)C)c4)cccc3n2-c2ccc(C(C)(C)C)cc2-c2ccc(C(C)(C)C)cc2)c1. The summed E-state index contributed by atoms with van der Waals surface area (Å²) in [7, 11) is 0. The Hall–Kier alpha value is -7.04. The first-order chi connectivity index (χ1) is 31.3. The van der Waals surface area contributed by atoms with Crippen LogP contribution in [0.4, 0.5) is 0 Å². The van der Waals surface area contributed by atoms with Crippen LogP contribution in [0.15, 0.2) is 164 Å². The maximum Gasteiger partial charge on any atom is 0.149 e. The van der Waals surface area contributed by atoms with Crippen LogP contribution in [-0.4, -0.2) is 19.6 Å². The van der Waals surface area contributed by atoms with E-state index in [2.05, 4.69) is 225 Å². The molecule has 330 valence electrons. The number of aromatic hydroxyl groups is 1. The third-order valence-electron chi connectivity index (χ3n) is 13.0. The van der Waals surface area contributed by atoms with Gasteiger partial charge in [0.2, 0.25) is 0 Å². The highest BCUT2D eigenvalue weighted by Gasteiger charge is 2.26. The van der Waals surface area contributed by atoms with Gasteiger partial charge in [-0.3, -0.25) is 9.55 Å². The van der Waals surface area contributed by atoms with Crippen LogP contribution < -0.4 is 0 Å². The molecule has 0 bridgehead atoms. The Morgan fingerprint density at radius 3 is 1.71 bits per heavy atom. The summed E-state index contributed by atoms with van der Waals surface area (Å²) in [6.45, 7) is 24.4. The van der Waals surface area contributed by atoms with E-state index in [0.29, 0.717) is 11.4 Å². The van der Waals surface area contributed by atoms with E-state index in [9.17, 15) is 5.11 Å². The standard InChI is InChI=1S/C62H61N3O/c1-39-32-40(2)58(66)53(33-39)59-64-57-51(18-15-19-56(57)65(59)55-29-28-49(61(6,7)8)38-52(55)44-24-26-48(27-25-44)60(3,4)5)46-34-47(36-50(35-46)62(9,10)11)54-37-45(30-31-63-54)43-22-20-42(21-23-43)41-16-13-12-14-17-41/h12-38,66H,1-11H3. The predicted molar refractivity (Wildman–Crippen MR) is 279 cm³/mol. The van der Waals surface area contributed by atoms with Gasteiger partial charge in [0.1, 0.15) is 11.6 Å². The number of benzene rings is 7. The number of hydrogen-bond donors (Lipinski definition) is 1. The van der Waals surface area contributed by atoms with Crippen LogP contribution in [0.1, 0.15) is 90.1 Å². The van der Waals surface area contributed by atoms with E-state index in [4.69, 9.17) is 9.97 Å². The molecule has 9 rings (SSSR count). The maximum absolute atomic E-state index is 11.9. The van der Waals surface area contributed by atoms with Gasteiger partial charge in [-0.2, -0.15) is 0 Å². The van der Waals surface area contributed by atoms with Crippen LogP contribution in [0.3, 0.4) is 0 Å². The lowest BCUT2D eigenvalue weighted by atomic mass is 9.83. The lowest BCUT2D eigenvalue weighted by Gasteiger charge is -2.24. The number of fused-ring (bicyclic) bond motifs is 1. The topological polar surface area (TPSA) is 50.9 Å². The minimum atomic E-state index is -0.148. The zero-order valence-corrected chi connectivity index (χ0v) is 40.4. The number of rotatable bonds is 7.